The van der Waals surface area contributed by atoms with E-state index in [2.05, 4.69) is 46.9 Å². The predicted molar refractivity (Wildman–Crippen MR) is 130 cm³/mol. The predicted octanol–water partition coefficient (Wildman–Crippen LogP) is 5.64. The van der Waals surface area contributed by atoms with Gasteiger partial charge in [-0.05, 0) is 49.4 Å². The Labute approximate surface area is 190 Å². The van der Waals surface area contributed by atoms with Crippen LogP contribution in [0.3, 0.4) is 0 Å². The third-order valence-corrected chi connectivity index (χ3v) is 11.8. The maximum atomic E-state index is 12.9. The second-order valence-corrected chi connectivity index (χ2v) is 15.8. The molecule has 176 valence electrons. The van der Waals surface area contributed by atoms with Crippen LogP contribution in [0, 0.1) is 0 Å². The molecule has 0 fully saturated rings. The number of amides is 1. The summed E-state index contributed by atoms with van der Waals surface area (Å²) in [6, 6.07) is 9.80. The normalized spacial score (nSPS) is 13.5. The van der Waals surface area contributed by atoms with E-state index < -0.39 is 20.0 Å². The van der Waals surface area contributed by atoms with Gasteiger partial charge in [0.25, 0.3) is 5.91 Å². The van der Waals surface area contributed by atoms with Gasteiger partial charge in [-0.25, -0.2) is 0 Å². The maximum absolute atomic E-state index is 12.9. The molecule has 5 nitrogen and oxygen atoms in total. The monoisotopic (exact) mass is 449 g/mol. The number of hydrogen-bond acceptors (Lipinski definition) is 4. The highest BCUT2D eigenvalue weighted by Gasteiger charge is 2.46. The Kier molecular flexibility index (Phi) is 10.4. The second kappa shape index (κ2) is 11.8. The molecule has 1 aromatic rings. The molecule has 0 radical (unpaired) electrons. The van der Waals surface area contributed by atoms with Crippen LogP contribution in [0.15, 0.2) is 30.3 Å². The van der Waals surface area contributed by atoms with Crippen LogP contribution in [0.2, 0.25) is 16.6 Å². The third kappa shape index (κ3) is 8.41. The van der Waals surface area contributed by atoms with E-state index in [4.69, 9.17) is 9.16 Å². The van der Waals surface area contributed by atoms with Gasteiger partial charge in [0.2, 0.25) is 14.4 Å². The lowest BCUT2D eigenvalue weighted by molar-refractivity contribution is -0.158. The van der Waals surface area contributed by atoms with Crippen LogP contribution in [0.25, 0.3) is 0 Å². The van der Waals surface area contributed by atoms with E-state index in [1.165, 1.54) is 0 Å². The van der Waals surface area contributed by atoms with E-state index in [1.807, 2.05) is 51.1 Å². The Balaban J connectivity index is 2.95. The van der Waals surface area contributed by atoms with Crippen molar-refractivity contribution in [3.8, 4) is 0 Å². The average Bonchev–Trinajstić information content (AvgIpc) is 2.64. The second-order valence-electron chi connectivity index (χ2n) is 10.3. The third-order valence-electron chi connectivity index (χ3n) is 5.72. The van der Waals surface area contributed by atoms with Crippen molar-refractivity contribution in [1.29, 1.82) is 0 Å². The number of rotatable bonds is 11. The van der Waals surface area contributed by atoms with E-state index in [1.54, 1.807) is 0 Å². The van der Waals surface area contributed by atoms with Crippen LogP contribution < -0.4 is 5.32 Å². The fourth-order valence-electron chi connectivity index (χ4n) is 4.44. The van der Waals surface area contributed by atoms with Gasteiger partial charge in [-0.15, -0.1) is 0 Å². The summed E-state index contributed by atoms with van der Waals surface area (Å²) in [4.78, 5) is 25.5. The van der Waals surface area contributed by atoms with Crippen molar-refractivity contribution in [3.05, 3.63) is 35.9 Å². The quantitative estimate of drug-likeness (QED) is 0.351. The SMILES string of the molecule is CC(C)[Si](OC[C@@H](OC(=O)CCc1ccccc1)C(=O)NC(C)(C)C)(C(C)C)C(C)C. The average molecular weight is 450 g/mol. The molecule has 0 aliphatic rings. The zero-order valence-corrected chi connectivity index (χ0v) is 22.0. The van der Waals surface area contributed by atoms with Crippen molar-refractivity contribution < 1.29 is 18.8 Å². The van der Waals surface area contributed by atoms with Gasteiger partial charge in [0, 0.05) is 12.0 Å². The number of carbonyl (C=O) groups is 2. The summed E-state index contributed by atoms with van der Waals surface area (Å²) in [5.41, 5.74) is 1.79. The largest absolute Gasteiger partial charge is 0.450 e. The first-order valence-corrected chi connectivity index (χ1v) is 13.6. The van der Waals surface area contributed by atoms with Crippen molar-refractivity contribution in [3.63, 3.8) is 0 Å². The van der Waals surface area contributed by atoms with Crippen LogP contribution >= 0.6 is 0 Å². The molecule has 0 aromatic heterocycles. The smallest absolute Gasteiger partial charge is 0.306 e. The van der Waals surface area contributed by atoms with E-state index in [0.717, 1.165) is 5.56 Å². The number of aryl methyl sites for hydroxylation is 1. The molecule has 0 aliphatic heterocycles. The number of esters is 1. The van der Waals surface area contributed by atoms with E-state index in [9.17, 15) is 9.59 Å². The number of nitrogens with one attached hydrogen (secondary N) is 1. The highest BCUT2D eigenvalue weighted by molar-refractivity contribution is 6.77. The zero-order valence-electron chi connectivity index (χ0n) is 21.0. The molecular formula is C25H43NO4Si. The highest BCUT2D eigenvalue weighted by Crippen LogP contribution is 2.42. The van der Waals surface area contributed by atoms with Gasteiger partial charge in [0.15, 0.2) is 0 Å². The van der Waals surface area contributed by atoms with Crippen LogP contribution in [-0.2, 0) is 25.2 Å². The van der Waals surface area contributed by atoms with Crippen molar-refractivity contribution in [2.45, 2.75) is 103 Å². The number of ether oxygens (including phenoxy) is 1. The number of benzene rings is 1. The van der Waals surface area contributed by atoms with Crippen LogP contribution in [0.5, 0.6) is 0 Å². The lowest BCUT2D eigenvalue weighted by Gasteiger charge is -2.42. The first kappa shape index (κ1) is 27.4. The van der Waals surface area contributed by atoms with Crippen molar-refractivity contribution in [2.24, 2.45) is 0 Å². The minimum Gasteiger partial charge on any atom is -0.450 e. The van der Waals surface area contributed by atoms with Gasteiger partial charge >= 0.3 is 5.97 Å². The Morgan fingerprint density at radius 2 is 1.45 bits per heavy atom. The van der Waals surface area contributed by atoms with Crippen molar-refractivity contribution in [2.75, 3.05) is 6.61 Å². The molecule has 0 unspecified atom stereocenters. The Bertz CT molecular complexity index is 673. The zero-order chi connectivity index (χ0) is 23.8. The van der Waals surface area contributed by atoms with Crippen LogP contribution in [-0.4, -0.2) is 38.4 Å². The van der Waals surface area contributed by atoms with Gasteiger partial charge < -0.3 is 14.5 Å². The number of hydrogen-bond donors (Lipinski definition) is 1. The minimum atomic E-state index is -2.19. The molecule has 0 bridgehead atoms. The summed E-state index contributed by atoms with van der Waals surface area (Å²) >= 11 is 0. The molecule has 0 spiro atoms. The van der Waals surface area contributed by atoms with E-state index in [-0.39, 0.29) is 24.9 Å². The highest BCUT2D eigenvalue weighted by atomic mass is 28.4. The maximum Gasteiger partial charge on any atom is 0.306 e. The molecule has 0 saturated carbocycles. The number of carbonyl (C=O) groups excluding carboxylic acids is 2. The van der Waals surface area contributed by atoms with Gasteiger partial charge in [-0.3, -0.25) is 9.59 Å². The fourth-order valence-corrected chi connectivity index (χ4v) is 9.88. The summed E-state index contributed by atoms with van der Waals surface area (Å²) < 4.78 is 12.2. The van der Waals surface area contributed by atoms with Gasteiger partial charge in [-0.2, -0.15) is 0 Å². The van der Waals surface area contributed by atoms with Gasteiger partial charge in [-0.1, -0.05) is 71.9 Å². The molecule has 0 heterocycles. The fraction of sp³-hybridized carbons (Fsp3) is 0.680. The summed E-state index contributed by atoms with van der Waals surface area (Å²) in [7, 11) is -2.19. The molecule has 1 rings (SSSR count). The molecule has 31 heavy (non-hydrogen) atoms. The molecule has 1 N–H and O–H groups in total. The summed E-state index contributed by atoms with van der Waals surface area (Å²) in [6.45, 7) is 19.0. The summed E-state index contributed by atoms with van der Waals surface area (Å²) in [5.74, 6) is -0.688. The standard InChI is InChI=1S/C25H43NO4Si/c1-18(2)31(19(3)4,20(5)6)29-17-22(24(28)26-25(7,8)9)30-23(27)16-15-21-13-11-10-12-14-21/h10-14,18-20,22H,15-17H2,1-9H3,(H,26,28)/t22-/m1/s1. The van der Waals surface area contributed by atoms with E-state index >= 15 is 0 Å². The van der Waals surface area contributed by atoms with Crippen LogP contribution in [0.1, 0.15) is 74.3 Å². The van der Waals surface area contributed by atoms with E-state index in [0.29, 0.717) is 23.0 Å². The first-order valence-electron chi connectivity index (χ1n) is 11.5. The Morgan fingerprint density at radius 1 is 0.935 bits per heavy atom. The van der Waals surface area contributed by atoms with Gasteiger partial charge in [0.05, 0.1) is 6.61 Å². The molecule has 0 aliphatic carbocycles. The minimum absolute atomic E-state index is 0.0970. The molecule has 1 atom stereocenters. The lowest BCUT2D eigenvalue weighted by Crippen LogP contribution is -2.53. The van der Waals surface area contributed by atoms with Gasteiger partial charge in [0.1, 0.15) is 0 Å². The van der Waals surface area contributed by atoms with Crippen molar-refractivity contribution >= 4 is 20.2 Å². The topological polar surface area (TPSA) is 64.6 Å². The first-order chi connectivity index (χ1) is 14.3. The Morgan fingerprint density at radius 3 is 1.90 bits per heavy atom. The lowest BCUT2D eigenvalue weighted by atomic mass is 10.1. The molecular weight excluding hydrogens is 406 g/mol. The van der Waals surface area contributed by atoms with Crippen LogP contribution in [0.4, 0.5) is 0 Å². The summed E-state index contributed by atoms with van der Waals surface area (Å²) in [5, 5.41) is 2.94. The molecule has 1 amide bonds. The molecule has 0 saturated heterocycles. The Hall–Kier alpha value is -1.66. The van der Waals surface area contributed by atoms with Crippen molar-refractivity contribution in [1.82, 2.24) is 5.32 Å². The molecule has 1 aromatic carbocycles. The summed E-state index contributed by atoms with van der Waals surface area (Å²) in [6.07, 6.45) is -0.146. The molecule has 6 heteroatoms.